The Labute approximate surface area is 112 Å². The lowest BCUT2D eigenvalue weighted by molar-refractivity contribution is -0.119. The summed E-state index contributed by atoms with van der Waals surface area (Å²) in [5.74, 6) is 0.443. The predicted octanol–water partition coefficient (Wildman–Crippen LogP) is 2.72. The quantitative estimate of drug-likeness (QED) is 0.862. The summed E-state index contributed by atoms with van der Waals surface area (Å²) in [6.45, 7) is 4.80. The van der Waals surface area contributed by atoms with E-state index in [-0.39, 0.29) is 11.3 Å². The number of carbonyl (C=O) groups excluding carboxylic acids is 1. The zero-order valence-electron chi connectivity index (χ0n) is 11.0. The highest BCUT2D eigenvalue weighted by Crippen LogP contribution is 2.43. The molecule has 0 bridgehead atoms. The topological polar surface area (TPSA) is 68.0 Å². The van der Waals surface area contributed by atoms with Gasteiger partial charge in [0.2, 0.25) is 5.91 Å². The van der Waals surface area contributed by atoms with Crippen LogP contribution >= 0.6 is 11.3 Å². The van der Waals surface area contributed by atoms with Crippen molar-refractivity contribution in [3.8, 4) is 0 Å². The van der Waals surface area contributed by atoms with Gasteiger partial charge in [-0.1, -0.05) is 20.3 Å². The number of nitrogens with zero attached hydrogens (tertiary/aromatic N) is 1. The fraction of sp³-hybridized carbons (Fsp3) is 0.692. The van der Waals surface area contributed by atoms with Crippen molar-refractivity contribution in [3.63, 3.8) is 0 Å². The highest BCUT2D eigenvalue weighted by molar-refractivity contribution is 7.13. The van der Waals surface area contributed by atoms with Gasteiger partial charge in [-0.15, -0.1) is 11.3 Å². The van der Waals surface area contributed by atoms with E-state index in [0.717, 1.165) is 18.5 Å². The van der Waals surface area contributed by atoms with E-state index >= 15 is 0 Å². The Morgan fingerprint density at radius 2 is 2.33 bits per heavy atom. The average Bonchev–Trinajstić information content (AvgIpc) is 2.72. The van der Waals surface area contributed by atoms with Crippen LogP contribution in [0.5, 0.6) is 0 Å². The maximum atomic E-state index is 12.0. The second-order valence-corrected chi connectivity index (χ2v) is 6.37. The molecule has 0 radical (unpaired) electrons. The summed E-state index contributed by atoms with van der Waals surface area (Å²) < 4.78 is 0. The second kappa shape index (κ2) is 5.36. The molecule has 1 aromatic heterocycles. The Morgan fingerprint density at radius 3 is 2.78 bits per heavy atom. The second-order valence-electron chi connectivity index (χ2n) is 5.51. The van der Waals surface area contributed by atoms with E-state index in [1.54, 1.807) is 0 Å². The molecule has 4 nitrogen and oxygen atoms in total. The van der Waals surface area contributed by atoms with Crippen molar-refractivity contribution in [2.45, 2.75) is 45.4 Å². The van der Waals surface area contributed by atoms with Gasteiger partial charge in [0.15, 0.2) is 5.13 Å². The molecule has 1 aliphatic rings. The van der Waals surface area contributed by atoms with Gasteiger partial charge in [0, 0.05) is 11.8 Å². The number of nitrogens with one attached hydrogen (secondary N) is 1. The molecular weight excluding hydrogens is 246 g/mol. The molecule has 1 heterocycles. The average molecular weight is 267 g/mol. The van der Waals surface area contributed by atoms with E-state index in [1.807, 2.05) is 5.38 Å². The molecule has 0 aromatic carbocycles. The molecule has 1 amide bonds. The highest BCUT2D eigenvalue weighted by atomic mass is 32.1. The van der Waals surface area contributed by atoms with Gasteiger partial charge < -0.3 is 11.1 Å². The number of nitrogens with two attached hydrogens (primary N) is 1. The van der Waals surface area contributed by atoms with E-state index in [2.05, 4.69) is 24.1 Å². The van der Waals surface area contributed by atoms with Gasteiger partial charge in [-0.2, -0.15) is 0 Å². The van der Waals surface area contributed by atoms with Gasteiger partial charge in [0.05, 0.1) is 5.69 Å². The standard InChI is InChI=1S/C13H21N3OS/c1-9(2)10-7-18-12(15-10)16-11(17)6-13(8-14)4-3-5-13/h7,9H,3-6,8,14H2,1-2H3,(H,15,16,17). The van der Waals surface area contributed by atoms with Crippen LogP contribution in [0.25, 0.3) is 0 Å². The smallest absolute Gasteiger partial charge is 0.226 e. The van der Waals surface area contributed by atoms with Crippen LogP contribution in [0.15, 0.2) is 5.38 Å². The number of carbonyl (C=O) groups is 1. The largest absolute Gasteiger partial charge is 0.330 e. The molecule has 5 heteroatoms. The molecule has 0 aliphatic heterocycles. The van der Waals surface area contributed by atoms with Crippen molar-refractivity contribution in [2.75, 3.05) is 11.9 Å². The summed E-state index contributed by atoms with van der Waals surface area (Å²) in [5.41, 5.74) is 6.85. The molecule has 0 saturated heterocycles. The van der Waals surface area contributed by atoms with Crippen LogP contribution in [0.2, 0.25) is 0 Å². The van der Waals surface area contributed by atoms with E-state index in [0.29, 0.717) is 24.0 Å². The maximum absolute atomic E-state index is 12.0. The summed E-state index contributed by atoms with van der Waals surface area (Å²) in [5, 5.41) is 5.59. The molecule has 1 saturated carbocycles. The van der Waals surface area contributed by atoms with Crippen molar-refractivity contribution in [2.24, 2.45) is 11.1 Å². The third-order valence-electron chi connectivity index (χ3n) is 3.74. The number of amides is 1. The first kappa shape index (κ1) is 13.5. The zero-order valence-corrected chi connectivity index (χ0v) is 11.8. The minimum Gasteiger partial charge on any atom is -0.330 e. The van der Waals surface area contributed by atoms with Gasteiger partial charge in [-0.25, -0.2) is 4.98 Å². The summed E-state index contributed by atoms with van der Waals surface area (Å²) in [7, 11) is 0. The normalized spacial score (nSPS) is 17.6. The fourth-order valence-electron chi connectivity index (χ4n) is 2.24. The number of hydrogen-bond acceptors (Lipinski definition) is 4. The van der Waals surface area contributed by atoms with E-state index in [9.17, 15) is 4.79 Å². The molecule has 1 aliphatic carbocycles. The van der Waals surface area contributed by atoms with Crippen LogP contribution in [-0.4, -0.2) is 17.4 Å². The molecular formula is C13H21N3OS. The van der Waals surface area contributed by atoms with Gasteiger partial charge >= 0.3 is 0 Å². The first-order chi connectivity index (χ1) is 8.54. The minimum absolute atomic E-state index is 0.0461. The third kappa shape index (κ3) is 2.90. The van der Waals surface area contributed by atoms with Crippen molar-refractivity contribution in [1.29, 1.82) is 0 Å². The first-order valence-corrected chi connectivity index (χ1v) is 7.38. The maximum Gasteiger partial charge on any atom is 0.226 e. The summed E-state index contributed by atoms with van der Waals surface area (Å²) in [6, 6.07) is 0. The van der Waals surface area contributed by atoms with Gasteiger partial charge in [0.25, 0.3) is 0 Å². The van der Waals surface area contributed by atoms with Gasteiger partial charge in [-0.05, 0) is 30.7 Å². The predicted molar refractivity (Wildman–Crippen MR) is 74.8 cm³/mol. The Balaban J connectivity index is 1.90. The molecule has 18 heavy (non-hydrogen) atoms. The van der Waals surface area contributed by atoms with Crippen LogP contribution in [0, 0.1) is 5.41 Å². The summed E-state index contributed by atoms with van der Waals surface area (Å²) in [4.78, 5) is 16.4. The number of hydrogen-bond donors (Lipinski definition) is 2. The minimum atomic E-state index is 0.0461. The van der Waals surface area contributed by atoms with Crippen LogP contribution in [0.4, 0.5) is 5.13 Å². The van der Waals surface area contributed by atoms with Crippen LogP contribution in [0.3, 0.4) is 0 Å². The van der Waals surface area contributed by atoms with Crippen molar-refractivity contribution < 1.29 is 4.79 Å². The lowest BCUT2D eigenvalue weighted by Gasteiger charge is -2.40. The van der Waals surface area contributed by atoms with Crippen LogP contribution in [-0.2, 0) is 4.79 Å². The number of anilines is 1. The molecule has 0 spiro atoms. The lowest BCUT2D eigenvalue weighted by Crippen LogP contribution is -2.40. The Bertz CT molecular complexity index is 418. The van der Waals surface area contributed by atoms with Crippen molar-refractivity contribution in [1.82, 2.24) is 4.98 Å². The first-order valence-electron chi connectivity index (χ1n) is 6.50. The zero-order chi connectivity index (χ0) is 13.2. The van der Waals surface area contributed by atoms with Crippen LogP contribution in [0.1, 0.15) is 51.1 Å². The molecule has 0 unspecified atom stereocenters. The van der Waals surface area contributed by atoms with Gasteiger partial charge in [0.1, 0.15) is 0 Å². The molecule has 100 valence electrons. The molecule has 3 N–H and O–H groups in total. The number of thiazole rings is 1. The van der Waals surface area contributed by atoms with E-state index in [1.165, 1.54) is 17.8 Å². The van der Waals surface area contributed by atoms with Crippen LogP contribution < -0.4 is 11.1 Å². The fourth-order valence-corrected chi connectivity index (χ4v) is 3.13. The molecule has 1 fully saturated rings. The molecule has 0 atom stereocenters. The Kier molecular flexibility index (Phi) is 4.02. The molecule has 2 rings (SSSR count). The van der Waals surface area contributed by atoms with E-state index in [4.69, 9.17) is 5.73 Å². The lowest BCUT2D eigenvalue weighted by atomic mass is 9.66. The highest BCUT2D eigenvalue weighted by Gasteiger charge is 2.37. The Hall–Kier alpha value is -0.940. The van der Waals surface area contributed by atoms with E-state index < -0.39 is 0 Å². The monoisotopic (exact) mass is 267 g/mol. The molecule has 1 aromatic rings. The number of aromatic nitrogens is 1. The number of rotatable bonds is 5. The van der Waals surface area contributed by atoms with Gasteiger partial charge in [-0.3, -0.25) is 4.79 Å². The summed E-state index contributed by atoms with van der Waals surface area (Å²) in [6.07, 6.45) is 3.87. The summed E-state index contributed by atoms with van der Waals surface area (Å²) >= 11 is 1.49. The Morgan fingerprint density at radius 1 is 1.61 bits per heavy atom. The van der Waals surface area contributed by atoms with Crippen molar-refractivity contribution in [3.05, 3.63) is 11.1 Å². The SMILES string of the molecule is CC(C)c1csc(NC(=O)CC2(CN)CCC2)n1. The van der Waals surface area contributed by atoms with Crippen molar-refractivity contribution >= 4 is 22.4 Å². The third-order valence-corrected chi connectivity index (χ3v) is 4.52.